The molecule has 2 aliphatic rings. The minimum absolute atomic E-state index is 0.152. The van der Waals surface area contributed by atoms with E-state index in [4.69, 9.17) is 19.0 Å². The summed E-state index contributed by atoms with van der Waals surface area (Å²) >= 11 is 0. The van der Waals surface area contributed by atoms with Crippen molar-refractivity contribution in [3.63, 3.8) is 0 Å². The van der Waals surface area contributed by atoms with E-state index >= 15 is 0 Å². The zero-order valence-electron chi connectivity index (χ0n) is 13.7. The lowest BCUT2D eigenvalue weighted by Gasteiger charge is -2.37. The summed E-state index contributed by atoms with van der Waals surface area (Å²) in [6.45, 7) is 12.0. The molecule has 1 saturated heterocycles. The fraction of sp³-hybridized carbons (Fsp3) is 0.933. The van der Waals surface area contributed by atoms with Crippen molar-refractivity contribution in [2.75, 3.05) is 13.2 Å². The van der Waals surface area contributed by atoms with Crippen molar-refractivity contribution in [2.24, 2.45) is 5.92 Å². The van der Waals surface area contributed by atoms with Gasteiger partial charge in [0, 0.05) is 31.0 Å². The van der Waals surface area contributed by atoms with Crippen molar-refractivity contribution in [3.8, 4) is 6.07 Å². The third-order valence-corrected chi connectivity index (χ3v) is 6.50. The van der Waals surface area contributed by atoms with E-state index in [1.165, 1.54) is 0 Å². The topological polar surface area (TPSA) is 54.7 Å². The summed E-state index contributed by atoms with van der Waals surface area (Å²) in [6.07, 6.45) is 1.57. The second-order valence-electron chi connectivity index (χ2n) is 6.42. The minimum atomic E-state index is -1.16. The molecule has 0 spiro atoms. The molecule has 1 aliphatic carbocycles. The van der Waals surface area contributed by atoms with Crippen molar-refractivity contribution in [3.05, 3.63) is 0 Å². The summed E-state index contributed by atoms with van der Waals surface area (Å²) in [4.78, 5) is 0. The van der Waals surface area contributed by atoms with Crippen LogP contribution in [0.1, 0.15) is 47.5 Å². The van der Waals surface area contributed by atoms with Gasteiger partial charge in [-0.3, -0.25) is 0 Å². The van der Waals surface area contributed by atoms with Crippen LogP contribution in [0.15, 0.2) is 0 Å². The van der Waals surface area contributed by atoms with Crippen LogP contribution in [0.25, 0.3) is 0 Å². The first-order valence-corrected chi connectivity index (χ1v) is 8.96. The molecule has 4 atom stereocenters. The van der Waals surface area contributed by atoms with E-state index in [0.29, 0.717) is 31.0 Å². The van der Waals surface area contributed by atoms with Crippen LogP contribution in [0.3, 0.4) is 0 Å². The van der Waals surface area contributed by atoms with Gasteiger partial charge in [-0.25, -0.2) is 4.67 Å². The molecule has 2 rings (SSSR count). The van der Waals surface area contributed by atoms with Gasteiger partial charge >= 0.3 is 0 Å². The molecule has 0 amide bonds. The fourth-order valence-corrected chi connectivity index (χ4v) is 5.10. The van der Waals surface area contributed by atoms with Gasteiger partial charge in [-0.05, 0) is 27.7 Å². The zero-order chi connectivity index (χ0) is 15.6. The maximum atomic E-state index is 8.72. The molecule has 1 aliphatic heterocycles. The van der Waals surface area contributed by atoms with Gasteiger partial charge in [0.05, 0.1) is 25.2 Å². The SMILES string of the molecule is CC(C)N(C(C)C)P(OCCC#N)O[C@]12CCOC1C2C. The highest BCUT2D eigenvalue weighted by atomic mass is 31.2. The summed E-state index contributed by atoms with van der Waals surface area (Å²) in [5, 5.41) is 8.72. The number of nitriles is 1. The van der Waals surface area contributed by atoms with E-state index in [1.807, 2.05) is 0 Å². The Morgan fingerprint density at radius 3 is 2.52 bits per heavy atom. The Hall–Kier alpha value is -0.240. The lowest BCUT2D eigenvalue weighted by atomic mass is 10.2. The minimum Gasteiger partial charge on any atom is -0.375 e. The third kappa shape index (κ3) is 3.41. The number of hydrogen-bond acceptors (Lipinski definition) is 5. The Kier molecular flexibility index (Phi) is 5.62. The molecule has 5 nitrogen and oxygen atoms in total. The van der Waals surface area contributed by atoms with E-state index in [0.717, 1.165) is 13.0 Å². The number of rotatable bonds is 8. The van der Waals surface area contributed by atoms with Crippen molar-refractivity contribution < 1.29 is 13.8 Å². The quantitative estimate of drug-likeness (QED) is 0.507. The Morgan fingerprint density at radius 2 is 2.05 bits per heavy atom. The second kappa shape index (κ2) is 6.89. The van der Waals surface area contributed by atoms with Crippen molar-refractivity contribution in [1.29, 1.82) is 5.26 Å². The third-order valence-electron chi connectivity index (χ3n) is 4.30. The van der Waals surface area contributed by atoms with E-state index in [-0.39, 0.29) is 11.7 Å². The zero-order valence-corrected chi connectivity index (χ0v) is 14.6. The Morgan fingerprint density at radius 1 is 1.38 bits per heavy atom. The normalized spacial score (nSPS) is 32.5. The number of fused-ring (bicyclic) bond motifs is 1. The summed E-state index contributed by atoms with van der Waals surface area (Å²) in [7, 11) is -1.16. The largest absolute Gasteiger partial charge is 0.375 e. The molecular formula is C15H27N2O3P. The first-order valence-electron chi connectivity index (χ1n) is 7.83. The summed E-state index contributed by atoms with van der Waals surface area (Å²) in [5.74, 6) is 0.442. The molecule has 0 radical (unpaired) electrons. The fourth-order valence-electron chi connectivity index (χ4n) is 3.17. The summed E-state index contributed by atoms with van der Waals surface area (Å²) < 4.78 is 20.4. The molecule has 3 unspecified atom stereocenters. The van der Waals surface area contributed by atoms with Gasteiger partial charge < -0.3 is 13.8 Å². The van der Waals surface area contributed by atoms with Crippen molar-refractivity contribution in [1.82, 2.24) is 4.67 Å². The highest BCUT2D eigenvalue weighted by Gasteiger charge is 2.69. The van der Waals surface area contributed by atoms with Gasteiger partial charge in [0.25, 0.3) is 8.53 Å². The van der Waals surface area contributed by atoms with Crippen LogP contribution in [0.4, 0.5) is 0 Å². The first-order chi connectivity index (χ1) is 9.94. The number of nitrogens with zero attached hydrogens (tertiary/aromatic N) is 2. The molecule has 0 aromatic carbocycles. The predicted molar refractivity (Wildman–Crippen MR) is 82.6 cm³/mol. The Labute approximate surface area is 129 Å². The van der Waals surface area contributed by atoms with Crippen LogP contribution in [-0.4, -0.2) is 41.7 Å². The lowest BCUT2D eigenvalue weighted by molar-refractivity contribution is 0.105. The molecule has 0 aromatic heterocycles. The van der Waals surface area contributed by atoms with Crippen LogP contribution >= 0.6 is 8.53 Å². The van der Waals surface area contributed by atoms with E-state index in [2.05, 4.69) is 45.4 Å². The maximum absolute atomic E-state index is 8.72. The van der Waals surface area contributed by atoms with Gasteiger partial charge in [-0.2, -0.15) is 5.26 Å². The van der Waals surface area contributed by atoms with E-state index < -0.39 is 8.53 Å². The highest BCUT2D eigenvalue weighted by molar-refractivity contribution is 7.44. The molecule has 21 heavy (non-hydrogen) atoms. The average molecular weight is 314 g/mol. The van der Waals surface area contributed by atoms with Crippen LogP contribution in [0.2, 0.25) is 0 Å². The van der Waals surface area contributed by atoms with Crippen LogP contribution in [-0.2, 0) is 13.8 Å². The molecule has 120 valence electrons. The maximum Gasteiger partial charge on any atom is 0.259 e. The highest BCUT2D eigenvalue weighted by Crippen LogP contribution is 2.63. The molecule has 2 fully saturated rings. The van der Waals surface area contributed by atoms with Crippen molar-refractivity contribution in [2.45, 2.75) is 71.2 Å². The Balaban J connectivity index is 2.06. The number of hydrogen-bond donors (Lipinski definition) is 0. The van der Waals surface area contributed by atoms with Gasteiger partial charge in [-0.1, -0.05) is 6.92 Å². The molecular weight excluding hydrogens is 287 g/mol. The summed E-state index contributed by atoms with van der Waals surface area (Å²) in [5.41, 5.74) is -0.152. The van der Waals surface area contributed by atoms with Gasteiger partial charge in [0.2, 0.25) is 0 Å². The van der Waals surface area contributed by atoms with Crippen LogP contribution in [0.5, 0.6) is 0 Å². The monoisotopic (exact) mass is 314 g/mol. The van der Waals surface area contributed by atoms with E-state index in [9.17, 15) is 0 Å². The van der Waals surface area contributed by atoms with Crippen LogP contribution in [0, 0.1) is 17.2 Å². The van der Waals surface area contributed by atoms with Gasteiger partial charge in [0.1, 0.15) is 5.60 Å². The van der Waals surface area contributed by atoms with Gasteiger partial charge in [0.15, 0.2) is 0 Å². The first kappa shape index (κ1) is 17.1. The molecule has 0 aromatic rings. The molecule has 1 saturated carbocycles. The van der Waals surface area contributed by atoms with Crippen LogP contribution < -0.4 is 0 Å². The molecule has 6 heteroatoms. The number of ether oxygens (including phenoxy) is 1. The standard InChI is InChI=1S/C15H27N2O3P/c1-11(2)17(12(3)4)21(19-9-6-8-16)20-15-7-10-18-14(15)13(15)5/h11-14H,6-7,9-10H2,1-5H3/t13?,14?,15-,21?/m0/s1. The van der Waals surface area contributed by atoms with Crippen molar-refractivity contribution >= 4 is 8.53 Å². The average Bonchev–Trinajstić information content (AvgIpc) is 2.77. The predicted octanol–water partition coefficient (Wildman–Crippen LogP) is 3.46. The smallest absolute Gasteiger partial charge is 0.259 e. The second-order valence-corrected chi connectivity index (χ2v) is 7.80. The lowest BCUT2D eigenvalue weighted by Crippen LogP contribution is -2.35. The van der Waals surface area contributed by atoms with E-state index in [1.54, 1.807) is 0 Å². The molecule has 0 N–H and O–H groups in total. The Bertz CT molecular complexity index is 391. The molecule has 1 heterocycles. The molecule has 0 bridgehead atoms. The van der Waals surface area contributed by atoms with Gasteiger partial charge in [-0.15, -0.1) is 0 Å². The summed E-state index contributed by atoms with van der Waals surface area (Å²) in [6, 6.07) is 2.80.